The smallest absolute Gasteiger partial charge is 0.280 e. The molecule has 0 spiro atoms. The van der Waals surface area contributed by atoms with E-state index in [0.717, 1.165) is 23.2 Å². The van der Waals surface area contributed by atoms with E-state index >= 15 is 0 Å². The van der Waals surface area contributed by atoms with Crippen molar-refractivity contribution in [3.63, 3.8) is 0 Å². The Morgan fingerprint density at radius 3 is 2.53 bits per heavy atom. The maximum absolute atomic E-state index is 14.6. The Hall–Kier alpha value is -3.27. The van der Waals surface area contributed by atoms with Gasteiger partial charge in [0.25, 0.3) is 12.3 Å². The molecule has 3 heterocycles. The molecule has 30 heavy (non-hydrogen) atoms. The zero-order valence-corrected chi connectivity index (χ0v) is 16.3. The summed E-state index contributed by atoms with van der Waals surface area (Å²) in [4.78, 5) is 22.1. The van der Waals surface area contributed by atoms with E-state index in [-0.39, 0.29) is 22.6 Å². The van der Waals surface area contributed by atoms with E-state index in [1.54, 1.807) is 16.8 Å². The molecule has 1 aliphatic heterocycles. The van der Waals surface area contributed by atoms with Gasteiger partial charge in [-0.05, 0) is 57.8 Å². The Balaban J connectivity index is 2.02. The molecule has 0 bridgehead atoms. The fourth-order valence-corrected chi connectivity index (χ4v) is 4.06. The molecule has 1 unspecified atom stereocenters. The minimum absolute atomic E-state index is 0.0207. The number of hydrogen-bond donors (Lipinski definition) is 1. The van der Waals surface area contributed by atoms with Gasteiger partial charge in [0.1, 0.15) is 5.69 Å². The molecule has 1 aliphatic rings. The summed E-state index contributed by atoms with van der Waals surface area (Å²) in [6.07, 6.45) is -1.79. The molecule has 10 heteroatoms. The highest BCUT2D eigenvalue weighted by Gasteiger charge is 2.50. The predicted octanol–water partition coefficient (Wildman–Crippen LogP) is 4.06. The van der Waals surface area contributed by atoms with Gasteiger partial charge in [0.2, 0.25) is 0 Å². The van der Waals surface area contributed by atoms with Crippen LogP contribution in [-0.4, -0.2) is 28.8 Å². The molecule has 0 aliphatic carbocycles. The fraction of sp³-hybridized carbons (Fsp3) is 0.150. The number of pyridine rings is 1. The lowest BCUT2D eigenvalue weighted by Crippen LogP contribution is -2.41. The number of amides is 1. The molecule has 2 N–H and O–H groups in total. The monoisotopic (exact) mass is 434 g/mol. The third-order valence-corrected chi connectivity index (χ3v) is 5.62. The third kappa shape index (κ3) is 2.95. The van der Waals surface area contributed by atoms with Gasteiger partial charge in [0.15, 0.2) is 23.1 Å². The van der Waals surface area contributed by atoms with Crippen molar-refractivity contribution in [2.75, 3.05) is 7.05 Å². The standard InChI is InChI=1S/C20H14F4N4OS/c1-28-18(29)20(27-19(28)25,11-2-4-26-15(8-11)17(23)24)12-6-13(10-3-5-30-9-10)16(22)14(21)7-12/h2-9,17H,1H3,(H2,25,27). The summed E-state index contributed by atoms with van der Waals surface area (Å²) in [5.74, 6) is -3.16. The van der Waals surface area contributed by atoms with Crippen molar-refractivity contribution in [1.82, 2.24) is 9.88 Å². The minimum Gasteiger partial charge on any atom is -0.369 e. The van der Waals surface area contributed by atoms with Gasteiger partial charge in [0.05, 0.1) is 0 Å². The van der Waals surface area contributed by atoms with Crippen LogP contribution in [0.3, 0.4) is 0 Å². The lowest BCUT2D eigenvalue weighted by Gasteiger charge is -2.27. The molecular weight excluding hydrogens is 420 g/mol. The van der Waals surface area contributed by atoms with E-state index < -0.39 is 35.2 Å². The van der Waals surface area contributed by atoms with Crippen LogP contribution in [0.5, 0.6) is 0 Å². The molecule has 5 nitrogen and oxygen atoms in total. The quantitative estimate of drug-likeness (QED) is 0.630. The van der Waals surface area contributed by atoms with E-state index in [1.165, 1.54) is 30.5 Å². The summed E-state index contributed by atoms with van der Waals surface area (Å²) in [7, 11) is 1.36. The Kier molecular flexibility index (Phi) is 4.81. The summed E-state index contributed by atoms with van der Waals surface area (Å²) in [5.41, 5.74) is 3.62. The molecule has 2 aromatic heterocycles. The van der Waals surface area contributed by atoms with E-state index in [9.17, 15) is 22.4 Å². The second-order valence-electron chi connectivity index (χ2n) is 6.65. The van der Waals surface area contributed by atoms with Gasteiger partial charge in [-0.3, -0.25) is 14.7 Å². The molecule has 154 valence electrons. The Morgan fingerprint density at radius 2 is 1.93 bits per heavy atom. The van der Waals surface area contributed by atoms with Gasteiger partial charge < -0.3 is 5.73 Å². The number of hydrogen-bond acceptors (Lipinski definition) is 5. The molecule has 0 radical (unpaired) electrons. The Labute approximate surface area is 172 Å². The molecule has 0 saturated heterocycles. The van der Waals surface area contributed by atoms with Crippen LogP contribution in [0.2, 0.25) is 0 Å². The van der Waals surface area contributed by atoms with Crippen LogP contribution >= 0.6 is 11.3 Å². The van der Waals surface area contributed by atoms with Crippen LogP contribution in [0.1, 0.15) is 23.2 Å². The van der Waals surface area contributed by atoms with E-state index in [2.05, 4.69) is 9.98 Å². The predicted molar refractivity (Wildman–Crippen MR) is 104 cm³/mol. The number of aromatic nitrogens is 1. The first-order chi connectivity index (χ1) is 14.3. The van der Waals surface area contributed by atoms with Crippen molar-refractivity contribution in [2.24, 2.45) is 10.7 Å². The lowest BCUT2D eigenvalue weighted by molar-refractivity contribution is -0.129. The molecule has 3 aromatic rings. The summed E-state index contributed by atoms with van der Waals surface area (Å²) in [5, 5.41) is 3.31. The molecule has 1 amide bonds. The van der Waals surface area contributed by atoms with Crippen molar-refractivity contribution in [3.8, 4) is 11.1 Å². The van der Waals surface area contributed by atoms with Gasteiger partial charge in [0, 0.05) is 18.8 Å². The number of thiophene rings is 1. The van der Waals surface area contributed by atoms with E-state index in [4.69, 9.17) is 5.73 Å². The second kappa shape index (κ2) is 7.21. The summed E-state index contributed by atoms with van der Waals surface area (Å²) < 4.78 is 55.6. The average molecular weight is 434 g/mol. The first-order valence-electron chi connectivity index (χ1n) is 8.66. The number of halogens is 4. The van der Waals surface area contributed by atoms with Crippen LogP contribution in [0.15, 0.2) is 52.3 Å². The summed E-state index contributed by atoms with van der Waals surface area (Å²) in [6.45, 7) is 0. The molecular formula is C20H14F4N4OS. The van der Waals surface area contributed by atoms with Gasteiger partial charge in [-0.25, -0.2) is 22.6 Å². The van der Waals surface area contributed by atoms with Gasteiger partial charge in [-0.1, -0.05) is 0 Å². The van der Waals surface area contributed by atoms with Crippen LogP contribution in [0, 0.1) is 11.6 Å². The second-order valence-corrected chi connectivity index (χ2v) is 7.43. The number of alkyl halides is 2. The number of carbonyl (C=O) groups excluding carboxylic acids is 1. The number of guanidine groups is 1. The van der Waals surface area contributed by atoms with Crippen LogP contribution in [0.4, 0.5) is 17.6 Å². The fourth-order valence-electron chi connectivity index (χ4n) is 3.40. The van der Waals surface area contributed by atoms with Crippen molar-refractivity contribution >= 4 is 23.2 Å². The number of nitrogens with two attached hydrogens (primary N) is 1. The van der Waals surface area contributed by atoms with Crippen molar-refractivity contribution in [2.45, 2.75) is 12.0 Å². The number of rotatable bonds is 4. The lowest BCUT2D eigenvalue weighted by atomic mass is 9.81. The maximum Gasteiger partial charge on any atom is 0.280 e. The average Bonchev–Trinajstić information content (AvgIpc) is 3.34. The highest BCUT2D eigenvalue weighted by atomic mass is 32.1. The topological polar surface area (TPSA) is 71.6 Å². The number of aliphatic imine (C=N–C) groups is 1. The first-order valence-corrected chi connectivity index (χ1v) is 9.60. The number of likely N-dealkylation sites (N-methyl/N-ethyl adjacent to an activating group) is 1. The zero-order chi connectivity index (χ0) is 21.6. The SMILES string of the molecule is CN1C(=O)C(c2ccnc(C(F)F)c2)(c2cc(F)c(F)c(-c3ccsc3)c2)N=C1N. The van der Waals surface area contributed by atoms with Crippen LogP contribution in [0.25, 0.3) is 11.1 Å². The minimum atomic E-state index is -2.90. The van der Waals surface area contributed by atoms with Crippen molar-refractivity contribution in [1.29, 1.82) is 0 Å². The van der Waals surface area contributed by atoms with Crippen LogP contribution in [-0.2, 0) is 10.3 Å². The molecule has 0 saturated carbocycles. The molecule has 0 fully saturated rings. The van der Waals surface area contributed by atoms with E-state index in [1.807, 2.05) is 0 Å². The van der Waals surface area contributed by atoms with Gasteiger partial charge in [-0.15, -0.1) is 0 Å². The largest absolute Gasteiger partial charge is 0.369 e. The summed E-state index contributed by atoms with van der Waals surface area (Å²) in [6, 6.07) is 6.06. The van der Waals surface area contributed by atoms with Crippen LogP contribution < -0.4 is 5.73 Å². The third-order valence-electron chi connectivity index (χ3n) is 4.94. The first kappa shape index (κ1) is 20.0. The summed E-state index contributed by atoms with van der Waals surface area (Å²) >= 11 is 1.29. The maximum atomic E-state index is 14.6. The highest BCUT2D eigenvalue weighted by Crippen LogP contribution is 2.42. The molecule has 1 aromatic carbocycles. The number of benzene rings is 1. The Morgan fingerprint density at radius 1 is 1.17 bits per heavy atom. The highest BCUT2D eigenvalue weighted by molar-refractivity contribution is 7.08. The Bertz CT molecular complexity index is 1170. The van der Waals surface area contributed by atoms with Gasteiger partial charge >= 0.3 is 0 Å². The number of carbonyl (C=O) groups is 1. The molecule has 4 rings (SSSR count). The zero-order valence-electron chi connectivity index (χ0n) is 15.4. The normalized spacial score (nSPS) is 18.9. The van der Waals surface area contributed by atoms with Crippen molar-refractivity contribution in [3.05, 3.63) is 75.7 Å². The molecule has 1 atom stereocenters. The van der Waals surface area contributed by atoms with E-state index in [0.29, 0.717) is 5.56 Å². The van der Waals surface area contributed by atoms with Crippen molar-refractivity contribution < 1.29 is 22.4 Å². The van der Waals surface area contributed by atoms with Gasteiger partial charge in [-0.2, -0.15) is 11.3 Å². The number of nitrogens with zero attached hydrogens (tertiary/aromatic N) is 3.